The van der Waals surface area contributed by atoms with Crippen LogP contribution in [0.5, 0.6) is 5.75 Å². The van der Waals surface area contributed by atoms with E-state index < -0.39 is 17.1 Å². The Morgan fingerprint density at radius 2 is 2.04 bits per heavy atom. The standard InChI is InChI=1S/C20H30N2O4/c1-19(2,3)26-18(25)22-16-10-5-6-11-20(16,4)17(24)21-13-14-8-7-9-15(23)12-14/h7-9,12,16,23H,5-6,10-11,13H2,1-4H3,(H,21,24)(H,22,25)/t16-,20-/m0/s1. The quantitative estimate of drug-likeness (QED) is 0.765. The lowest BCUT2D eigenvalue weighted by Gasteiger charge is -2.40. The van der Waals surface area contributed by atoms with Gasteiger partial charge in [-0.05, 0) is 58.2 Å². The van der Waals surface area contributed by atoms with E-state index in [0.717, 1.165) is 24.8 Å². The van der Waals surface area contributed by atoms with E-state index in [9.17, 15) is 14.7 Å². The van der Waals surface area contributed by atoms with Crippen LogP contribution in [0.3, 0.4) is 0 Å². The van der Waals surface area contributed by atoms with E-state index in [4.69, 9.17) is 4.74 Å². The number of phenolic OH excluding ortho intramolecular Hbond substituents is 1. The van der Waals surface area contributed by atoms with Crippen molar-refractivity contribution in [3.05, 3.63) is 29.8 Å². The van der Waals surface area contributed by atoms with Gasteiger partial charge in [0.1, 0.15) is 11.4 Å². The predicted octanol–water partition coefficient (Wildman–Crippen LogP) is 3.48. The van der Waals surface area contributed by atoms with E-state index in [2.05, 4.69) is 10.6 Å². The van der Waals surface area contributed by atoms with Crippen LogP contribution < -0.4 is 10.6 Å². The van der Waals surface area contributed by atoms with Crippen molar-refractivity contribution >= 4 is 12.0 Å². The lowest BCUT2D eigenvalue weighted by atomic mass is 9.71. The molecule has 1 fully saturated rings. The molecule has 0 bridgehead atoms. The lowest BCUT2D eigenvalue weighted by molar-refractivity contribution is -0.133. The second-order valence-corrected chi connectivity index (χ2v) is 8.21. The molecule has 26 heavy (non-hydrogen) atoms. The number of rotatable bonds is 4. The minimum Gasteiger partial charge on any atom is -0.508 e. The van der Waals surface area contributed by atoms with Crippen LogP contribution in [-0.2, 0) is 16.1 Å². The van der Waals surface area contributed by atoms with Crippen molar-refractivity contribution in [1.29, 1.82) is 0 Å². The van der Waals surface area contributed by atoms with Crippen LogP contribution in [0.4, 0.5) is 4.79 Å². The van der Waals surface area contributed by atoms with E-state index in [1.54, 1.807) is 18.2 Å². The van der Waals surface area contributed by atoms with Gasteiger partial charge in [-0.15, -0.1) is 0 Å². The third kappa shape index (κ3) is 5.38. The fraction of sp³-hybridized carbons (Fsp3) is 0.600. The first kappa shape index (κ1) is 20.1. The van der Waals surface area contributed by atoms with Gasteiger partial charge in [-0.25, -0.2) is 4.79 Å². The van der Waals surface area contributed by atoms with E-state index in [1.807, 2.05) is 33.8 Å². The first-order valence-electron chi connectivity index (χ1n) is 9.16. The molecule has 0 heterocycles. The molecule has 0 saturated heterocycles. The van der Waals surface area contributed by atoms with Crippen LogP contribution in [0.2, 0.25) is 0 Å². The number of carbonyl (C=O) groups excluding carboxylic acids is 2. The average molecular weight is 362 g/mol. The van der Waals surface area contributed by atoms with Crippen LogP contribution >= 0.6 is 0 Å². The number of nitrogens with one attached hydrogen (secondary N) is 2. The topological polar surface area (TPSA) is 87.7 Å². The molecule has 2 rings (SSSR count). The summed E-state index contributed by atoms with van der Waals surface area (Å²) in [6.07, 6.45) is 2.88. The highest BCUT2D eigenvalue weighted by atomic mass is 16.6. The van der Waals surface area contributed by atoms with E-state index in [1.165, 1.54) is 0 Å². The fourth-order valence-electron chi connectivity index (χ4n) is 3.34. The van der Waals surface area contributed by atoms with Gasteiger partial charge >= 0.3 is 6.09 Å². The predicted molar refractivity (Wildman–Crippen MR) is 99.7 cm³/mol. The Bertz CT molecular complexity index is 653. The van der Waals surface area contributed by atoms with Crippen LogP contribution in [0.1, 0.15) is 58.9 Å². The van der Waals surface area contributed by atoms with Gasteiger partial charge in [0.05, 0.1) is 5.41 Å². The van der Waals surface area contributed by atoms with Gasteiger partial charge in [0.2, 0.25) is 5.91 Å². The molecule has 6 heteroatoms. The monoisotopic (exact) mass is 362 g/mol. The van der Waals surface area contributed by atoms with Gasteiger partial charge in [-0.1, -0.05) is 25.0 Å². The molecule has 0 radical (unpaired) electrons. The highest BCUT2D eigenvalue weighted by Crippen LogP contribution is 2.36. The SMILES string of the molecule is CC(C)(C)OC(=O)N[C@H]1CCCC[C@]1(C)C(=O)NCc1cccc(O)c1. The Balaban J connectivity index is 2.02. The number of alkyl carbamates (subject to hydrolysis) is 1. The van der Waals surface area contributed by atoms with Crippen molar-refractivity contribution < 1.29 is 19.4 Å². The molecule has 0 aliphatic heterocycles. The zero-order valence-electron chi connectivity index (χ0n) is 16.1. The van der Waals surface area contributed by atoms with E-state index in [0.29, 0.717) is 13.0 Å². The summed E-state index contributed by atoms with van der Waals surface area (Å²) in [6.45, 7) is 7.67. The summed E-state index contributed by atoms with van der Waals surface area (Å²) in [5.74, 6) is 0.0756. The van der Waals surface area contributed by atoms with E-state index >= 15 is 0 Å². The van der Waals surface area contributed by atoms with Crippen LogP contribution in [0.15, 0.2) is 24.3 Å². The second kappa shape index (κ2) is 7.98. The Kier molecular flexibility index (Phi) is 6.16. The van der Waals surface area contributed by atoms with Gasteiger partial charge < -0.3 is 20.5 Å². The third-order valence-electron chi connectivity index (χ3n) is 4.78. The number of benzene rings is 1. The molecule has 3 N–H and O–H groups in total. The Labute approximate surface area is 155 Å². The summed E-state index contributed by atoms with van der Waals surface area (Å²) in [5.41, 5.74) is -0.437. The molecule has 1 aromatic rings. The molecule has 2 amide bonds. The molecule has 1 aliphatic rings. The number of hydrogen-bond acceptors (Lipinski definition) is 4. The van der Waals surface area contributed by atoms with Crippen molar-refractivity contribution in [3.63, 3.8) is 0 Å². The number of amides is 2. The molecular formula is C20H30N2O4. The third-order valence-corrected chi connectivity index (χ3v) is 4.78. The van der Waals surface area contributed by atoms with Crippen molar-refractivity contribution in [2.24, 2.45) is 5.41 Å². The summed E-state index contributed by atoms with van der Waals surface area (Å²) in [7, 11) is 0. The molecule has 0 aromatic heterocycles. The highest BCUT2D eigenvalue weighted by molar-refractivity contribution is 5.84. The summed E-state index contributed by atoms with van der Waals surface area (Å²) in [4.78, 5) is 25.1. The van der Waals surface area contributed by atoms with Gasteiger partial charge in [0.15, 0.2) is 0 Å². The molecule has 1 aromatic carbocycles. The maximum atomic E-state index is 12.9. The van der Waals surface area contributed by atoms with Crippen LogP contribution in [0.25, 0.3) is 0 Å². The molecule has 1 saturated carbocycles. The average Bonchev–Trinajstić information content (AvgIpc) is 2.53. The summed E-state index contributed by atoms with van der Waals surface area (Å²) in [5, 5.41) is 15.4. The summed E-state index contributed by atoms with van der Waals surface area (Å²) >= 11 is 0. The second-order valence-electron chi connectivity index (χ2n) is 8.21. The molecule has 2 atom stereocenters. The maximum Gasteiger partial charge on any atom is 0.407 e. The number of hydrogen-bond donors (Lipinski definition) is 3. The normalized spacial score (nSPS) is 23.2. The number of ether oxygens (including phenoxy) is 1. The lowest BCUT2D eigenvalue weighted by Crippen LogP contribution is -2.56. The minimum atomic E-state index is -0.689. The first-order valence-corrected chi connectivity index (χ1v) is 9.16. The largest absolute Gasteiger partial charge is 0.508 e. The zero-order valence-corrected chi connectivity index (χ0v) is 16.1. The summed E-state index contributed by atoms with van der Waals surface area (Å²) < 4.78 is 5.35. The zero-order chi connectivity index (χ0) is 19.4. The maximum absolute atomic E-state index is 12.9. The van der Waals surface area contributed by atoms with Crippen molar-refractivity contribution in [2.45, 2.75) is 71.6 Å². The Morgan fingerprint density at radius 3 is 2.69 bits per heavy atom. The smallest absolute Gasteiger partial charge is 0.407 e. The molecule has 0 spiro atoms. The molecule has 144 valence electrons. The summed E-state index contributed by atoms with van der Waals surface area (Å²) in [6, 6.07) is 6.54. The first-order chi connectivity index (χ1) is 12.1. The van der Waals surface area contributed by atoms with E-state index in [-0.39, 0.29) is 17.7 Å². The van der Waals surface area contributed by atoms with Crippen LogP contribution in [0, 0.1) is 5.41 Å². The van der Waals surface area contributed by atoms with Crippen molar-refractivity contribution in [3.8, 4) is 5.75 Å². The van der Waals surface area contributed by atoms with Gasteiger partial charge in [0.25, 0.3) is 0 Å². The Morgan fingerprint density at radius 1 is 1.31 bits per heavy atom. The fourth-order valence-corrected chi connectivity index (χ4v) is 3.34. The molecule has 6 nitrogen and oxygen atoms in total. The number of phenols is 1. The van der Waals surface area contributed by atoms with Gasteiger partial charge in [-0.3, -0.25) is 4.79 Å². The Hall–Kier alpha value is -2.24. The number of aromatic hydroxyl groups is 1. The van der Waals surface area contributed by atoms with Crippen LogP contribution in [-0.4, -0.2) is 28.7 Å². The molecular weight excluding hydrogens is 332 g/mol. The molecule has 0 unspecified atom stereocenters. The van der Waals surface area contributed by atoms with Crippen molar-refractivity contribution in [2.75, 3.05) is 0 Å². The van der Waals surface area contributed by atoms with Gasteiger partial charge in [0, 0.05) is 12.6 Å². The molecule has 1 aliphatic carbocycles. The number of carbonyl (C=O) groups is 2. The highest BCUT2D eigenvalue weighted by Gasteiger charge is 2.44. The minimum absolute atomic E-state index is 0.0957. The van der Waals surface area contributed by atoms with Gasteiger partial charge in [-0.2, -0.15) is 0 Å². The van der Waals surface area contributed by atoms with Crippen molar-refractivity contribution in [1.82, 2.24) is 10.6 Å².